The smallest absolute Gasteiger partial charge is 0.317 e. The lowest BCUT2D eigenvalue weighted by atomic mass is 9.90. The lowest BCUT2D eigenvalue weighted by Crippen LogP contribution is -2.49. The molecule has 1 atom stereocenters. The summed E-state index contributed by atoms with van der Waals surface area (Å²) in [7, 11) is 0. The molecule has 1 unspecified atom stereocenters. The van der Waals surface area contributed by atoms with Gasteiger partial charge in [0.05, 0.1) is 48.4 Å². The Hall–Kier alpha value is -3.45. The molecule has 11 nitrogen and oxygen atoms in total. The molecule has 2 fully saturated rings. The molecule has 5 rings (SSSR count). The Bertz CT molecular complexity index is 1240. The van der Waals surface area contributed by atoms with Gasteiger partial charge in [-0.15, -0.1) is 0 Å². The van der Waals surface area contributed by atoms with Crippen LogP contribution in [-0.2, 0) is 14.3 Å². The van der Waals surface area contributed by atoms with Crippen molar-refractivity contribution in [3.05, 3.63) is 48.2 Å². The van der Waals surface area contributed by atoms with Gasteiger partial charge in [0.2, 0.25) is 12.2 Å². The van der Waals surface area contributed by atoms with E-state index in [2.05, 4.69) is 19.9 Å². The standard InChI is InChI=1S/C25H28FN5O6/c1-25(23(34)31-9-7-17(33)12-31)13-36-22(37-14-25)21-29-19(15-2-4-16(26)5-3-15)20(30-21)18-6-8-27-24(28-18)35-11-10-32/h2-6,8,17,22,32-33H,7,9-14H2,1H3,(H,29,30). The maximum Gasteiger partial charge on any atom is 0.317 e. The second-order valence-corrected chi connectivity index (χ2v) is 9.36. The van der Waals surface area contributed by atoms with E-state index in [1.165, 1.54) is 18.3 Å². The summed E-state index contributed by atoms with van der Waals surface area (Å²) in [5.74, 6) is -0.140. The van der Waals surface area contributed by atoms with E-state index in [0.717, 1.165) is 0 Å². The second kappa shape index (κ2) is 10.5. The van der Waals surface area contributed by atoms with Gasteiger partial charge in [0.25, 0.3) is 0 Å². The van der Waals surface area contributed by atoms with E-state index in [0.29, 0.717) is 48.0 Å². The number of aromatic amines is 1. The van der Waals surface area contributed by atoms with E-state index in [9.17, 15) is 14.3 Å². The molecule has 196 valence electrons. The van der Waals surface area contributed by atoms with Gasteiger partial charge in [-0.05, 0) is 43.7 Å². The zero-order valence-corrected chi connectivity index (χ0v) is 20.3. The second-order valence-electron chi connectivity index (χ2n) is 9.36. The number of carbonyl (C=O) groups excluding carboxylic acids is 1. The first-order valence-corrected chi connectivity index (χ1v) is 12.0. The van der Waals surface area contributed by atoms with E-state index in [4.69, 9.17) is 19.3 Å². The lowest BCUT2D eigenvalue weighted by Gasteiger charge is -2.37. The summed E-state index contributed by atoms with van der Waals surface area (Å²) in [6.45, 7) is 2.67. The largest absolute Gasteiger partial charge is 0.461 e. The normalized spacial score (nSPS) is 23.8. The van der Waals surface area contributed by atoms with Crippen molar-refractivity contribution < 1.29 is 33.6 Å². The van der Waals surface area contributed by atoms with Gasteiger partial charge in [-0.2, -0.15) is 4.98 Å². The van der Waals surface area contributed by atoms with Crippen molar-refractivity contribution in [1.29, 1.82) is 0 Å². The van der Waals surface area contributed by atoms with Crippen LogP contribution in [0.25, 0.3) is 22.6 Å². The Morgan fingerprint density at radius 3 is 2.68 bits per heavy atom. The number of imidazole rings is 1. The van der Waals surface area contributed by atoms with Crippen molar-refractivity contribution in [2.24, 2.45) is 5.41 Å². The van der Waals surface area contributed by atoms with Gasteiger partial charge in [0, 0.05) is 24.8 Å². The predicted molar refractivity (Wildman–Crippen MR) is 128 cm³/mol. The minimum Gasteiger partial charge on any atom is -0.461 e. The predicted octanol–water partition coefficient (Wildman–Crippen LogP) is 1.69. The number of β-amino-alcohol motifs (C(OH)–C–C–N with tert-alkyl or cyclic N) is 1. The number of aliphatic hydroxyl groups excluding tert-OH is 2. The molecule has 3 aromatic rings. The number of ether oxygens (including phenoxy) is 3. The van der Waals surface area contributed by atoms with Gasteiger partial charge in [-0.1, -0.05) is 0 Å². The summed E-state index contributed by atoms with van der Waals surface area (Å²) in [6.07, 6.45) is 0.700. The number of H-pyrrole nitrogens is 1. The van der Waals surface area contributed by atoms with Crippen LogP contribution < -0.4 is 4.74 Å². The number of rotatable bonds is 7. The molecule has 2 aliphatic heterocycles. The Morgan fingerprint density at radius 1 is 1.24 bits per heavy atom. The van der Waals surface area contributed by atoms with Crippen molar-refractivity contribution >= 4 is 5.91 Å². The van der Waals surface area contributed by atoms with Gasteiger partial charge in [-0.25, -0.2) is 14.4 Å². The molecule has 37 heavy (non-hydrogen) atoms. The molecule has 0 radical (unpaired) electrons. The molecule has 1 amide bonds. The number of halogens is 1. The van der Waals surface area contributed by atoms with Crippen LogP contribution in [0.1, 0.15) is 25.5 Å². The molecule has 12 heteroatoms. The highest BCUT2D eigenvalue weighted by Crippen LogP contribution is 2.36. The molecule has 0 saturated carbocycles. The summed E-state index contributed by atoms with van der Waals surface area (Å²) in [6, 6.07) is 7.63. The van der Waals surface area contributed by atoms with E-state index in [1.807, 2.05) is 0 Å². The Balaban J connectivity index is 1.41. The number of hydrogen-bond donors (Lipinski definition) is 3. The maximum atomic E-state index is 13.6. The fourth-order valence-corrected chi connectivity index (χ4v) is 4.39. The molecular formula is C25H28FN5O6. The molecule has 1 aromatic carbocycles. The maximum absolute atomic E-state index is 13.6. The zero-order chi connectivity index (χ0) is 26.0. The van der Waals surface area contributed by atoms with Crippen LogP contribution in [0.3, 0.4) is 0 Å². The fourth-order valence-electron chi connectivity index (χ4n) is 4.39. The number of hydrogen-bond acceptors (Lipinski definition) is 9. The van der Waals surface area contributed by atoms with Crippen LogP contribution >= 0.6 is 0 Å². The highest BCUT2D eigenvalue weighted by molar-refractivity contribution is 5.83. The van der Waals surface area contributed by atoms with Crippen LogP contribution in [0.2, 0.25) is 0 Å². The first kappa shape index (κ1) is 25.2. The summed E-state index contributed by atoms with van der Waals surface area (Å²) >= 11 is 0. The molecule has 2 aliphatic rings. The van der Waals surface area contributed by atoms with E-state index >= 15 is 0 Å². The van der Waals surface area contributed by atoms with Crippen LogP contribution in [0, 0.1) is 11.2 Å². The summed E-state index contributed by atoms with van der Waals surface area (Å²) in [5.41, 5.74) is 1.22. The number of nitrogens with zero attached hydrogens (tertiary/aromatic N) is 4. The third kappa shape index (κ3) is 5.32. The Labute approximate surface area is 212 Å². The van der Waals surface area contributed by atoms with E-state index < -0.39 is 17.8 Å². The van der Waals surface area contributed by atoms with E-state index in [1.54, 1.807) is 30.0 Å². The number of carbonyl (C=O) groups is 1. The molecule has 0 bridgehead atoms. The molecule has 4 heterocycles. The molecule has 0 spiro atoms. The minimum absolute atomic E-state index is 0.0418. The number of aliphatic hydroxyl groups is 2. The number of nitrogens with one attached hydrogen (secondary N) is 1. The fraction of sp³-hybridized carbons (Fsp3) is 0.440. The van der Waals surface area contributed by atoms with Crippen LogP contribution in [0.4, 0.5) is 4.39 Å². The van der Waals surface area contributed by atoms with Crippen molar-refractivity contribution in [3.63, 3.8) is 0 Å². The average Bonchev–Trinajstić information content (AvgIpc) is 3.55. The highest BCUT2D eigenvalue weighted by Gasteiger charge is 2.44. The zero-order valence-electron chi connectivity index (χ0n) is 20.3. The minimum atomic E-state index is -0.888. The quantitative estimate of drug-likeness (QED) is 0.430. The van der Waals surface area contributed by atoms with Crippen molar-refractivity contribution in [2.75, 3.05) is 39.5 Å². The number of likely N-dealkylation sites (tertiary alicyclic amines) is 1. The SMILES string of the molecule is CC1(C(=O)N2CCC(O)C2)COC(c2nc(-c3ccc(F)cc3)c(-c3ccnc(OCCO)n3)[nH]2)OC1. The molecular weight excluding hydrogens is 485 g/mol. The van der Waals surface area contributed by atoms with Crippen molar-refractivity contribution in [1.82, 2.24) is 24.8 Å². The van der Waals surface area contributed by atoms with Crippen LogP contribution in [0.15, 0.2) is 36.5 Å². The molecule has 2 aromatic heterocycles. The van der Waals surface area contributed by atoms with Gasteiger partial charge in [0.15, 0.2) is 5.82 Å². The van der Waals surface area contributed by atoms with Crippen molar-refractivity contribution in [3.8, 4) is 28.7 Å². The number of aromatic nitrogens is 4. The van der Waals surface area contributed by atoms with Crippen LogP contribution in [0.5, 0.6) is 6.01 Å². The molecule has 2 saturated heterocycles. The summed E-state index contributed by atoms with van der Waals surface area (Å²) in [4.78, 5) is 31.0. The first-order valence-electron chi connectivity index (χ1n) is 12.0. The Kier molecular flexibility index (Phi) is 7.15. The molecule has 3 N–H and O–H groups in total. The van der Waals surface area contributed by atoms with Gasteiger partial charge in [-0.3, -0.25) is 4.79 Å². The topological polar surface area (TPSA) is 143 Å². The van der Waals surface area contributed by atoms with Gasteiger partial charge in [0.1, 0.15) is 12.4 Å². The monoisotopic (exact) mass is 513 g/mol. The third-order valence-corrected chi connectivity index (χ3v) is 6.35. The van der Waals surface area contributed by atoms with Gasteiger partial charge < -0.3 is 34.3 Å². The summed E-state index contributed by atoms with van der Waals surface area (Å²) < 4.78 is 30.8. The third-order valence-electron chi connectivity index (χ3n) is 6.35. The Morgan fingerprint density at radius 2 is 2.00 bits per heavy atom. The summed E-state index contributed by atoms with van der Waals surface area (Å²) in [5, 5.41) is 18.8. The average molecular weight is 514 g/mol. The van der Waals surface area contributed by atoms with E-state index in [-0.39, 0.29) is 44.2 Å². The number of benzene rings is 1. The van der Waals surface area contributed by atoms with Crippen LogP contribution in [-0.4, -0.2) is 86.6 Å². The first-order chi connectivity index (χ1) is 17.9. The molecule has 0 aliphatic carbocycles. The lowest BCUT2D eigenvalue weighted by molar-refractivity contribution is -0.234. The number of amides is 1. The van der Waals surface area contributed by atoms with Crippen molar-refractivity contribution in [2.45, 2.75) is 25.7 Å². The van der Waals surface area contributed by atoms with Gasteiger partial charge >= 0.3 is 6.01 Å². The highest BCUT2D eigenvalue weighted by atomic mass is 19.1.